The minimum atomic E-state index is -0.710. The summed E-state index contributed by atoms with van der Waals surface area (Å²) < 4.78 is 5.18. The lowest BCUT2D eigenvalue weighted by Crippen LogP contribution is -2.34. The van der Waals surface area contributed by atoms with E-state index in [1.807, 2.05) is 0 Å². The van der Waals surface area contributed by atoms with Crippen LogP contribution in [0.15, 0.2) is 18.2 Å². The Balaban J connectivity index is 2.52. The molecule has 0 radical (unpaired) electrons. The first-order chi connectivity index (χ1) is 7.09. The predicted molar refractivity (Wildman–Crippen MR) is 51.8 cm³/mol. The van der Waals surface area contributed by atoms with Crippen molar-refractivity contribution in [3.05, 3.63) is 28.3 Å². The molecule has 1 aliphatic rings. The average molecular weight is 208 g/mol. The summed E-state index contributed by atoms with van der Waals surface area (Å²) in [5.74, 6) is -0.183. The van der Waals surface area contributed by atoms with Crippen molar-refractivity contribution in [2.75, 3.05) is 5.32 Å². The number of fused-ring (bicyclic) bond motifs is 1. The molecular weight excluding hydrogens is 200 g/mol. The van der Waals surface area contributed by atoms with Gasteiger partial charge in [-0.25, -0.2) is 0 Å². The predicted octanol–water partition coefficient (Wildman–Crippen LogP) is 1.31. The van der Waals surface area contributed by atoms with E-state index in [-0.39, 0.29) is 17.3 Å². The fourth-order valence-electron chi connectivity index (χ4n) is 1.36. The molecule has 1 aromatic carbocycles. The number of amides is 1. The van der Waals surface area contributed by atoms with Gasteiger partial charge in [-0.1, -0.05) is 6.07 Å². The molecule has 0 bridgehead atoms. The number of carbonyl (C=O) groups excluding carboxylic acids is 1. The Morgan fingerprint density at radius 3 is 2.93 bits per heavy atom. The van der Waals surface area contributed by atoms with Gasteiger partial charge >= 0.3 is 5.69 Å². The van der Waals surface area contributed by atoms with E-state index < -0.39 is 11.0 Å². The Morgan fingerprint density at radius 2 is 2.27 bits per heavy atom. The standard InChI is InChI=1S/C9H8N2O4/c1-5-9(12)10-6-3-2-4-7(11(13)14)8(6)15-5/h2-5H,1H3,(H,10,12). The average Bonchev–Trinajstić information content (AvgIpc) is 2.18. The smallest absolute Gasteiger partial charge is 0.313 e. The topological polar surface area (TPSA) is 81.5 Å². The second-order valence-electron chi connectivity index (χ2n) is 3.16. The number of nitro groups is 1. The van der Waals surface area contributed by atoms with E-state index in [9.17, 15) is 14.9 Å². The monoisotopic (exact) mass is 208 g/mol. The normalized spacial score (nSPS) is 18.7. The summed E-state index contributed by atoms with van der Waals surface area (Å²) in [5, 5.41) is 13.2. The molecule has 1 aliphatic heterocycles. The molecule has 0 aromatic heterocycles. The number of rotatable bonds is 1. The summed E-state index contributed by atoms with van der Waals surface area (Å²) >= 11 is 0. The third kappa shape index (κ3) is 1.50. The van der Waals surface area contributed by atoms with Crippen molar-refractivity contribution < 1.29 is 14.5 Å². The molecule has 2 rings (SSSR count). The van der Waals surface area contributed by atoms with Crippen LogP contribution in [0.25, 0.3) is 0 Å². The van der Waals surface area contributed by atoms with E-state index in [1.54, 1.807) is 6.07 Å². The highest BCUT2D eigenvalue weighted by Gasteiger charge is 2.29. The van der Waals surface area contributed by atoms with Crippen molar-refractivity contribution >= 4 is 17.3 Å². The summed E-state index contributed by atoms with van der Waals surface area (Å²) in [6.07, 6.45) is -0.710. The first-order valence-corrected chi connectivity index (χ1v) is 4.34. The van der Waals surface area contributed by atoms with E-state index in [2.05, 4.69) is 5.32 Å². The lowest BCUT2D eigenvalue weighted by molar-refractivity contribution is -0.385. The van der Waals surface area contributed by atoms with Crippen LogP contribution in [0.5, 0.6) is 5.75 Å². The molecule has 78 valence electrons. The van der Waals surface area contributed by atoms with E-state index in [4.69, 9.17) is 4.74 Å². The van der Waals surface area contributed by atoms with Crippen molar-refractivity contribution in [2.45, 2.75) is 13.0 Å². The zero-order valence-electron chi connectivity index (χ0n) is 7.89. The Bertz CT molecular complexity index is 444. The molecule has 1 aromatic rings. The molecule has 6 heteroatoms. The molecule has 1 heterocycles. The Hall–Kier alpha value is -2.11. The number of ether oxygens (including phenoxy) is 1. The molecule has 1 amide bonds. The van der Waals surface area contributed by atoms with Crippen LogP contribution in [0.4, 0.5) is 11.4 Å². The van der Waals surface area contributed by atoms with Crippen molar-refractivity contribution in [3.8, 4) is 5.75 Å². The first kappa shape index (κ1) is 9.45. The summed E-state index contributed by atoms with van der Waals surface area (Å²) in [6.45, 7) is 1.54. The zero-order chi connectivity index (χ0) is 11.0. The number of hydrogen-bond donors (Lipinski definition) is 1. The second kappa shape index (κ2) is 3.23. The molecule has 15 heavy (non-hydrogen) atoms. The molecule has 0 saturated carbocycles. The lowest BCUT2D eigenvalue weighted by atomic mass is 10.2. The molecule has 1 N–H and O–H groups in total. The second-order valence-corrected chi connectivity index (χ2v) is 3.16. The molecule has 1 atom stereocenters. The number of nitro benzene ring substituents is 1. The van der Waals surface area contributed by atoms with Gasteiger partial charge in [-0.2, -0.15) is 0 Å². The number of benzene rings is 1. The van der Waals surface area contributed by atoms with Gasteiger partial charge < -0.3 is 10.1 Å². The van der Waals surface area contributed by atoms with Gasteiger partial charge in [0.1, 0.15) is 0 Å². The Morgan fingerprint density at radius 1 is 1.53 bits per heavy atom. The van der Waals surface area contributed by atoms with Crippen LogP contribution in [-0.2, 0) is 4.79 Å². The number of para-hydroxylation sites is 1. The van der Waals surface area contributed by atoms with E-state index >= 15 is 0 Å². The van der Waals surface area contributed by atoms with Gasteiger partial charge in [-0.15, -0.1) is 0 Å². The number of nitrogens with zero attached hydrogens (tertiary/aromatic N) is 1. The van der Waals surface area contributed by atoms with Gasteiger partial charge in [0.05, 0.1) is 10.6 Å². The summed E-state index contributed by atoms with van der Waals surface area (Å²) in [7, 11) is 0. The van der Waals surface area contributed by atoms with E-state index in [1.165, 1.54) is 19.1 Å². The molecule has 0 saturated heterocycles. The Kier molecular flexibility index (Phi) is 2.03. The highest BCUT2D eigenvalue weighted by molar-refractivity contribution is 5.98. The molecule has 0 fully saturated rings. The zero-order valence-corrected chi connectivity index (χ0v) is 7.89. The van der Waals surface area contributed by atoms with Crippen LogP contribution in [0, 0.1) is 10.1 Å². The third-order valence-electron chi connectivity index (χ3n) is 2.11. The largest absolute Gasteiger partial charge is 0.472 e. The minimum Gasteiger partial charge on any atom is -0.472 e. The molecule has 0 spiro atoms. The fraction of sp³-hybridized carbons (Fsp3) is 0.222. The van der Waals surface area contributed by atoms with Gasteiger partial charge in [0.25, 0.3) is 5.91 Å². The van der Waals surface area contributed by atoms with Gasteiger partial charge in [-0.05, 0) is 13.0 Å². The molecule has 1 unspecified atom stereocenters. The van der Waals surface area contributed by atoms with Crippen LogP contribution >= 0.6 is 0 Å². The SMILES string of the molecule is CC1Oc2c(cccc2[N+](=O)[O-])NC1=O. The van der Waals surface area contributed by atoms with Crippen molar-refractivity contribution in [1.82, 2.24) is 0 Å². The highest BCUT2D eigenvalue weighted by atomic mass is 16.6. The summed E-state index contributed by atoms with van der Waals surface area (Å²) in [4.78, 5) is 21.4. The van der Waals surface area contributed by atoms with Crippen LogP contribution < -0.4 is 10.1 Å². The van der Waals surface area contributed by atoms with Gasteiger partial charge in [0.2, 0.25) is 5.75 Å². The highest BCUT2D eigenvalue weighted by Crippen LogP contribution is 2.37. The maximum absolute atomic E-state index is 11.2. The van der Waals surface area contributed by atoms with Crippen molar-refractivity contribution in [3.63, 3.8) is 0 Å². The number of anilines is 1. The maximum Gasteiger partial charge on any atom is 0.313 e. The molecule has 0 aliphatic carbocycles. The quantitative estimate of drug-likeness (QED) is 0.557. The van der Waals surface area contributed by atoms with Gasteiger partial charge in [-0.3, -0.25) is 14.9 Å². The molecule has 6 nitrogen and oxygen atoms in total. The minimum absolute atomic E-state index is 0.120. The number of nitrogens with one attached hydrogen (secondary N) is 1. The maximum atomic E-state index is 11.2. The number of carbonyl (C=O) groups is 1. The van der Waals surface area contributed by atoms with Gasteiger partial charge in [0.15, 0.2) is 6.10 Å². The van der Waals surface area contributed by atoms with E-state index in [0.717, 1.165) is 0 Å². The summed E-state index contributed by atoms with van der Waals surface area (Å²) in [5.41, 5.74) is 0.201. The van der Waals surface area contributed by atoms with Gasteiger partial charge in [0, 0.05) is 6.07 Å². The fourth-order valence-corrected chi connectivity index (χ4v) is 1.36. The van der Waals surface area contributed by atoms with Crippen LogP contribution in [0.1, 0.15) is 6.92 Å². The van der Waals surface area contributed by atoms with Crippen LogP contribution in [-0.4, -0.2) is 16.9 Å². The number of hydrogen-bond acceptors (Lipinski definition) is 4. The lowest BCUT2D eigenvalue weighted by Gasteiger charge is -2.22. The summed E-state index contributed by atoms with van der Waals surface area (Å²) in [6, 6.07) is 4.39. The Labute approximate surface area is 85.0 Å². The third-order valence-corrected chi connectivity index (χ3v) is 2.11. The van der Waals surface area contributed by atoms with Crippen molar-refractivity contribution in [2.24, 2.45) is 0 Å². The van der Waals surface area contributed by atoms with E-state index in [0.29, 0.717) is 5.69 Å². The molecular formula is C9H8N2O4. The van der Waals surface area contributed by atoms with Crippen molar-refractivity contribution in [1.29, 1.82) is 0 Å². The van der Waals surface area contributed by atoms with Crippen LogP contribution in [0.3, 0.4) is 0 Å². The first-order valence-electron chi connectivity index (χ1n) is 4.34. The van der Waals surface area contributed by atoms with Crippen LogP contribution in [0.2, 0.25) is 0 Å².